The van der Waals surface area contributed by atoms with Gasteiger partial charge in [0.2, 0.25) is 0 Å². The van der Waals surface area contributed by atoms with Gasteiger partial charge in [-0.1, -0.05) is 97.1 Å². The Bertz CT molecular complexity index is 1610. The van der Waals surface area contributed by atoms with Crippen LogP contribution in [0.25, 0.3) is 38.6 Å². The van der Waals surface area contributed by atoms with Crippen LogP contribution >= 0.6 is 0 Å². The van der Waals surface area contributed by atoms with Crippen LogP contribution < -0.4 is 0 Å². The van der Waals surface area contributed by atoms with E-state index in [0.717, 1.165) is 0 Å². The van der Waals surface area contributed by atoms with E-state index in [-0.39, 0.29) is 5.92 Å². The standard InChI is InChI=1S/C31H21N/c1-3-11-21(12-4-1)29-23-15-7-8-16-24(23)30-26(29)19-20-28-31(30)25-17-9-10-18-27(25)32(28)22-13-5-2-6-14-22/h1-20,29H. The Morgan fingerprint density at radius 3 is 2.03 bits per heavy atom. The maximum Gasteiger partial charge on any atom is 0.0547 e. The van der Waals surface area contributed by atoms with Crippen molar-refractivity contribution in [2.24, 2.45) is 0 Å². The predicted molar refractivity (Wildman–Crippen MR) is 134 cm³/mol. The number of hydrogen-bond acceptors (Lipinski definition) is 0. The van der Waals surface area contributed by atoms with E-state index in [0.29, 0.717) is 0 Å². The number of rotatable bonds is 2. The van der Waals surface area contributed by atoms with Crippen LogP contribution in [-0.2, 0) is 0 Å². The highest BCUT2D eigenvalue weighted by atomic mass is 15.0. The van der Waals surface area contributed by atoms with Crippen molar-refractivity contribution < 1.29 is 0 Å². The molecule has 0 radical (unpaired) electrons. The summed E-state index contributed by atoms with van der Waals surface area (Å²) in [6.07, 6.45) is 0. The number of hydrogen-bond donors (Lipinski definition) is 0. The second-order valence-electron chi connectivity index (χ2n) is 8.54. The van der Waals surface area contributed by atoms with E-state index < -0.39 is 0 Å². The van der Waals surface area contributed by atoms with Crippen molar-refractivity contribution >= 4 is 21.8 Å². The zero-order valence-electron chi connectivity index (χ0n) is 17.6. The highest BCUT2D eigenvalue weighted by molar-refractivity contribution is 6.17. The molecule has 0 bridgehead atoms. The van der Waals surface area contributed by atoms with Gasteiger partial charge in [0.15, 0.2) is 0 Å². The fraction of sp³-hybridized carbons (Fsp3) is 0.0323. The lowest BCUT2D eigenvalue weighted by Gasteiger charge is -2.14. The molecule has 6 aromatic rings. The van der Waals surface area contributed by atoms with E-state index in [2.05, 4.69) is 126 Å². The summed E-state index contributed by atoms with van der Waals surface area (Å²) in [5, 5.41) is 2.67. The molecule has 1 heterocycles. The fourth-order valence-electron chi connectivity index (χ4n) is 5.61. The lowest BCUT2D eigenvalue weighted by molar-refractivity contribution is 1.02. The second kappa shape index (κ2) is 6.70. The highest BCUT2D eigenvalue weighted by Gasteiger charge is 2.32. The van der Waals surface area contributed by atoms with Crippen molar-refractivity contribution in [1.82, 2.24) is 4.57 Å². The molecule has 1 aliphatic carbocycles. The van der Waals surface area contributed by atoms with Gasteiger partial charge in [-0.05, 0) is 52.1 Å². The molecule has 1 unspecified atom stereocenters. The maximum atomic E-state index is 2.41. The Morgan fingerprint density at radius 1 is 0.500 bits per heavy atom. The smallest absolute Gasteiger partial charge is 0.0547 e. The van der Waals surface area contributed by atoms with E-state index in [9.17, 15) is 0 Å². The monoisotopic (exact) mass is 407 g/mol. The minimum absolute atomic E-state index is 0.269. The van der Waals surface area contributed by atoms with Gasteiger partial charge in [0, 0.05) is 22.4 Å². The van der Waals surface area contributed by atoms with Gasteiger partial charge in [-0.15, -0.1) is 0 Å². The number of fused-ring (bicyclic) bond motifs is 7. The summed E-state index contributed by atoms with van der Waals surface area (Å²) in [6.45, 7) is 0. The van der Waals surface area contributed by atoms with Crippen LogP contribution in [0.5, 0.6) is 0 Å². The zero-order valence-corrected chi connectivity index (χ0v) is 17.6. The van der Waals surface area contributed by atoms with Crippen LogP contribution in [0.15, 0.2) is 121 Å². The summed E-state index contributed by atoms with van der Waals surface area (Å²) in [5.41, 5.74) is 10.6. The SMILES string of the molecule is c1ccc(C2c3ccccc3-c3c2ccc2c3c3ccccc3n2-c2ccccc2)cc1. The van der Waals surface area contributed by atoms with Crippen LogP contribution in [0.3, 0.4) is 0 Å². The third-order valence-corrected chi connectivity index (χ3v) is 6.87. The minimum Gasteiger partial charge on any atom is -0.309 e. The molecule has 1 nitrogen and oxygen atoms in total. The van der Waals surface area contributed by atoms with Crippen molar-refractivity contribution in [1.29, 1.82) is 0 Å². The van der Waals surface area contributed by atoms with Gasteiger partial charge in [0.1, 0.15) is 0 Å². The number of aromatic nitrogens is 1. The molecule has 0 amide bonds. The molecule has 0 saturated carbocycles. The van der Waals surface area contributed by atoms with Crippen LogP contribution in [0.2, 0.25) is 0 Å². The van der Waals surface area contributed by atoms with E-state index in [1.807, 2.05) is 0 Å². The van der Waals surface area contributed by atoms with Crippen molar-refractivity contribution in [2.45, 2.75) is 5.92 Å². The summed E-state index contributed by atoms with van der Waals surface area (Å²) < 4.78 is 2.41. The number of nitrogens with zero attached hydrogens (tertiary/aromatic N) is 1. The molecule has 0 spiro atoms. The van der Waals surface area contributed by atoms with Crippen LogP contribution in [0.4, 0.5) is 0 Å². The minimum atomic E-state index is 0.269. The van der Waals surface area contributed by atoms with E-state index in [1.165, 1.54) is 55.3 Å². The molecule has 32 heavy (non-hydrogen) atoms. The third-order valence-electron chi connectivity index (χ3n) is 6.87. The predicted octanol–water partition coefficient (Wildman–Crippen LogP) is 7.94. The molecule has 150 valence electrons. The Balaban J connectivity index is 1.64. The van der Waals surface area contributed by atoms with Gasteiger partial charge in [-0.2, -0.15) is 0 Å². The molecular formula is C31H21N. The van der Waals surface area contributed by atoms with E-state index in [1.54, 1.807) is 0 Å². The molecule has 1 heteroatoms. The van der Waals surface area contributed by atoms with Crippen LogP contribution in [-0.4, -0.2) is 4.57 Å². The molecule has 1 aliphatic rings. The molecule has 5 aromatic carbocycles. The highest BCUT2D eigenvalue weighted by Crippen LogP contribution is 2.52. The Labute approximate surface area is 187 Å². The van der Waals surface area contributed by atoms with Gasteiger partial charge in [-0.25, -0.2) is 0 Å². The number of para-hydroxylation sites is 2. The Morgan fingerprint density at radius 2 is 1.19 bits per heavy atom. The quantitative estimate of drug-likeness (QED) is 0.274. The summed E-state index contributed by atoms with van der Waals surface area (Å²) in [5.74, 6) is 0.269. The van der Waals surface area contributed by atoms with Gasteiger partial charge in [0.25, 0.3) is 0 Å². The molecule has 1 atom stereocenters. The van der Waals surface area contributed by atoms with Crippen LogP contribution in [0, 0.1) is 0 Å². The first-order valence-electron chi connectivity index (χ1n) is 11.2. The molecule has 0 aliphatic heterocycles. The molecule has 7 rings (SSSR count). The number of benzene rings is 5. The first kappa shape index (κ1) is 17.6. The first-order chi connectivity index (χ1) is 15.9. The van der Waals surface area contributed by atoms with E-state index >= 15 is 0 Å². The second-order valence-corrected chi connectivity index (χ2v) is 8.54. The van der Waals surface area contributed by atoms with E-state index in [4.69, 9.17) is 0 Å². The largest absolute Gasteiger partial charge is 0.309 e. The van der Waals surface area contributed by atoms with Crippen molar-refractivity contribution in [3.8, 4) is 16.8 Å². The summed E-state index contributed by atoms with van der Waals surface area (Å²) in [6, 6.07) is 44.0. The summed E-state index contributed by atoms with van der Waals surface area (Å²) in [4.78, 5) is 0. The van der Waals surface area contributed by atoms with Gasteiger partial charge in [-0.3, -0.25) is 0 Å². The zero-order chi connectivity index (χ0) is 21.1. The first-order valence-corrected chi connectivity index (χ1v) is 11.2. The molecule has 0 N–H and O–H groups in total. The lowest BCUT2D eigenvalue weighted by atomic mass is 9.89. The molecule has 0 fully saturated rings. The Hall–Kier alpha value is -4.10. The average molecular weight is 408 g/mol. The summed E-state index contributed by atoms with van der Waals surface area (Å²) in [7, 11) is 0. The van der Waals surface area contributed by atoms with Gasteiger partial charge < -0.3 is 4.57 Å². The van der Waals surface area contributed by atoms with Crippen LogP contribution in [0.1, 0.15) is 22.6 Å². The molecule has 1 aromatic heterocycles. The maximum absolute atomic E-state index is 2.41. The molecule has 0 saturated heterocycles. The van der Waals surface area contributed by atoms with Crippen molar-refractivity contribution in [3.05, 3.63) is 138 Å². The van der Waals surface area contributed by atoms with Crippen molar-refractivity contribution in [3.63, 3.8) is 0 Å². The van der Waals surface area contributed by atoms with Gasteiger partial charge in [0.05, 0.1) is 11.0 Å². The topological polar surface area (TPSA) is 4.93 Å². The molecular weight excluding hydrogens is 386 g/mol. The Kier molecular flexibility index (Phi) is 3.68. The average Bonchev–Trinajstić information content (AvgIpc) is 3.38. The van der Waals surface area contributed by atoms with Gasteiger partial charge >= 0.3 is 0 Å². The van der Waals surface area contributed by atoms with Crippen molar-refractivity contribution in [2.75, 3.05) is 0 Å². The lowest BCUT2D eigenvalue weighted by Crippen LogP contribution is -1.99. The third kappa shape index (κ3) is 2.34. The summed E-state index contributed by atoms with van der Waals surface area (Å²) >= 11 is 0. The normalized spacial score (nSPS) is 14.6. The fourth-order valence-corrected chi connectivity index (χ4v) is 5.61.